The Kier molecular flexibility index (Phi) is 6.98. The lowest BCUT2D eigenvalue weighted by atomic mass is 9.92. The van der Waals surface area contributed by atoms with Gasteiger partial charge in [0.1, 0.15) is 5.41 Å². The van der Waals surface area contributed by atoms with Crippen LogP contribution in [0.5, 0.6) is 0 Å². The summed E-state index contributed by atoms with van der Waals surface area (Å²) in [5.74, 6) is -0.506. The fourth-order valence-electron chi connectivity index (χ4n) is 2.47. The number of ketones is 1. The van der Waals surface area contributed by atoms with E-state index in [1.807, 2.05) is 0 Å². The summed E-state index contributed by atoms with van der Waals surface area (Å²) >= 11 is 0. The van der Waals surface area contributed by atoms with Gasteiger partial charge in [-0.2, -0.15) is 0 Å². The molecule has 2 aliphatic rings. The first kappa shape index (κ1) is 19.4. The minimum Gasteiger partial charge on any atom is -0.481 e. The fraction of sp³-hybridized carbons (Fsp3) is 0.722. The molecule has 5 heteroatoms. The number of aliphatic carboxylic acids is 1. The van der Waals surface area contributed by atoms with Gasteiger partial charge in [0.05, 0.1) is 12.5 Å². The Hall–Kier alpha value is -1.65. The first-order valence-electron chi connectivity index (χ1n) is 8.35. The molecule has 0 aromatic carbocycles. The van der Waals surface area contributed by atoms with Gasteiger partial charge >= 0.3 is 11.9 Å². The lowest BCUT2D eigenvalue weighted by Gasteiger charge is -2.14. The molecule has 0 saturated heterocycles. The van der Waals surface area contributed by atoms with Crippen molar-refractivity contribution in [2.75, 3.05) is 6.61 Å². The zero-order valence-electron chi connectivity index (χ0n) is 14.3. The summed E-state index contributed by atoms with van der Waals surface area (Å²) < 4.78 is 5.02. The summed E-state index contributed by atoms with van der Waals surface area (Å²) in [6.07, 6.45) is 5.35. The summed E-state index contributed by atoms with van der Waals surface area (Å²) in [5.41, 5.74) is -0.896. The van der Waals surface area contributed by atoms with Crippen LogP contribution >= 0.6 is 0 Å². The van der Waals surface area contributed by atoms with Gasteiger partial charge in [-0.25, -0.2) is 0 Å². The number of carbonyl (C=O) groups excluding carboxylic acids is 2. The Morgan fingerprint density at radius 2 is 1.96 bits per heavy atom. The number of carbonyl (C=O) groups is 3. The third kappa shape index (κ3) is 5.19. The molecule has 2 aliphatic carbocycles. The van der Waals surface area contributed by atoms with Gasteiger partial charge in [0.15, 0.2) is 5.78 Å². The summed E-state index contributed by atoms with van der Waals surface area (Å²) in [6, 6.07) is 0. The van der Waals surface area contributed by atoms with E-state index in [4.69, 9.17) is 9.84 Å². The molecule has 130 valence electrons. The van der Waals surface area contributed by atoms with E-state index in [-0.39, 0.29) is 23.6 Å². The average molecular weight is 324 g/mol. The van der Waals surface area contributed by atoms with Gasteiger partial charge < -0.3 is 9.84 Å². The molecule has 0 heterocycles. The van der Waals surface area contributed by atoms with Crippen molar-refractivity contribution in [3.05, 3.63) is 12.7 Å². The summed E-state index contributed by atoms with van der Waals surface area (Å²) in [7, 11) is 0. The second-order valence-electron chi connectivity index (χ2n) is 6.71. The minimum atomic E-state index is -0.896. The Morgan fingerprint density at radius 1 is 1.35 bits per heavy atom. The Balaban J connectivity index is 0.000000366. The SMILES string of the molecule is C=CC1CC1(C(=O)CCC(C)C)C(=O)OCC.O=C(O)C1CC1. The van der Waals surface area contributed by atoms with E-state index in [1.54, 1.807) is 13.0 Å². The third-order valence-electron chi connectivity index (χ3n) is 4.31. The summed E-state index contributed by atoms with van der Waals surface area (Å²) in [5, 5.41) is 8.05. The highest BCUT2D eigenvalue weighted by Gasteiger charge is 2.64. The van der Waals surface area contributed by atoms with Crippen molar-refractivity contribution in [3.63, 3.8) is 0 Å². The molecule has 2 rings (SSSR count). The predicted octanol–water partition coefficient (Wildman–Crippen LogP) is 3.23. The van der Waals surface area contributed by atoms with Crippen LogP contribution in [0.2, 0.25) is 0 Å². The second kappa shape index (κ2) is 8.27. The molecular formula is C18H28O5. The van der Waals surface area contributed by atoms with Gasteiger partial charge in [0.25, 0.3) is 0 Å². The van der Waals surface area contributed by atoms with Crippen LogP contribution in [0, 0.1) is 23.2 Å². The molecule has 2 unspecified atom stereocenters. The van der Waals surface area contributed by atoms with E-state index in [0.717, 1.165) is 19.3 Å². The normalized spacial score (nSPS) is 25.1. The van der Waals surface area contributed by atoms with E-state index in [2.05, 4.69) is 20.4 Å². The van der Waals surface area contributed by atoms with Gasteiger partial charge in [-0.3, -0.25) is 14.4 Å². The number of rotatable bonds is 8. The molecule has 2 atom stereocenters. The highest BCUT2D eigenvalue weighted by molar-refractivity contribution is 6.07. The Labute approximate surface area is 138 Å². The standard InChI is InChI=1S/C14H22O3.C4H6O2/c1-5-11-9-14(11,13(16)17-6-2)12(15)8-7-10(3)4;5-4(6)3-1-2-3/h5,10-11H,1,6-9H2,2-4H3;3H,1-2H2,(H,5,6). The van der Waals surface area contributed by atoms with Crippen molar-refractivity contribution in [3.8, 4) is 0 Å². The largest absolute Gasteiger partial charge is 0.481 e. The minimum absolute atomic E-state index is 0.0185. The van der Waals surface area contributed by atoms with Gasteiger partial charge in [0, 0.05) is 12.3 Å². The van der Waals surface area contributed by atoms with Gasteiger partial charge in [-0.15, -0.1) is 6.58 Å². The summed E-state index contributed by atoms with van der Waals surface area (Å²) in [4.78, 5) is 33.8. The van der Waals surface area contributed by atoms with E-state index >= 15 is 0 Å². The van der Waals surface area contributed by atoms with E-state index in [1.165, 1.54) is 0 Å². The number of hydrogen-bond acceptors (Lipinski definition) is 4. The van der Waals surface area contributed by atoms with Crippen LogP contribution in [0.4, 0.5) is 0 Å². The van der Waals surface area contributed by atoms with Crippen LogP contribution in [0.3, 0.4) is 0 Å². The highest BCUT2D eigenvalue weighted by Crippen LogP contribution is 2.55. The molecular weight excluding hydrogens is 296 g/mol. The molecule has 23 heavy (non-hydrogen) atoms. The van der Waals surface area contributed by atoms with E-state index in [0.29, 0.717) is 25.4 Å². The van der Waals surface area contributed by atoms with Gasteiger partial charge in [-0.1, -0.05) is 19.9 Å². The maximum atomic E-state index is 12.2. The van der Waals surface area contributed by atoms with Crippen molar-refractivity contribution < 1.29 is 24.2 Å². The molecule has 0 bridgehead atoms. The highest BCUT2D eigenvalue weighted by atomic mass is 16.5. The molecule has 0 radical (unpaired) electrons. The molecule has 0 spiro atoms. The van der Waals surface area contributed by atoms with Crippen molar-refractivity contribution in [1.82, 2.24) is 0 Å². The molecule has 2 saturated carbocycles. The zero-order chi connectivity index (χ0) is 17.6. The van der Waals surface area contributed by atoms with Gasteiger partial charge in [0.2, 0.25) is 0 Å². The molecule has 0 aromatic heterocycles. The van der Waals surface area contributed by atoms with Crippen molar-refractivity contribution in [1.29, 1.82) is 0 Å². The quantitative estimate of drug-likeness (QED) is 0.421. The number of allylic oxidation sites excluding steroid dienone is 1. The maximum Gasteiger partial charge on any atom is 0.320 e. The molecule has 0 aliphatic heterocycles. The molecule has 1 N–H and O–H groups in total. The topological polar surface area (TPSA) is 80.7 Å². The van der Waals surface area contributed by atoms with Crippen LogP contribution in [0.15, 0.2) is 12.7 Å². The fourth-order valence-corrected chi connectivity index (χ4v) is 2.47. The first-order chi connectivity index (χ1) is 10.8. The number of carboxylic acid groups (broad SMARTS) is 1. The zero-order valence-corrected chi connectivity index (χ0v) is 14.3. The van der Waals surface area contributed by atoms with Crippen LogP contribution in [0.25, 0.3) is 0 Å². The van der Waals surface area contributed by atoms with E-state index < -0.39 is 11.4 Å². The van der Waals surface area contributed by atoms with Crippen LogP contribution in [-0.2, 0) is 19.1 Å². The molecule has 0 aromatic rings. The molecule has 5 nitrogen and oxygen atoms in total. The number of Topliss-reactive ketones (excluding diaryl/α,β-unsaturated/α-hetero) is 1. The summed E-state index contributed by atoms with van der Waals surface area (Å²) in [6.45, 7) is 9.90. The first-order valence-corrected chi connectivity index (χ1v) is 8.35. The number of esters is 1. The van der Waals surface area contributed by atoms with Crippen LogP contribution in [-0.4, -0.2) is 29.4 Å². The van der Waals surface area contributed by atoms with Crippen molar-refractivity contribution >= 4 is 17.7 Å². The lowest BCUT2D eigenvalue weighted by molar-refractivity contribution is -0.154. The molecule has 0 amide bonds. The smallest absolute Gasteiger partial charge is 0.320 e. The number of ether oxygens (including phenoxy) is 1. The number of hydrogen-bond donors (Lipinski definition) is 1. The van der Waals surface area contributed by atoms with Crippen molar-refractivity contribution in [2.24, 2.45) is 23.2 Å². The lowest BCUT2D eigenvalue weighted by Crippen LogP contribution is -2.30. The Morgan fingerprint density at radius 3 is 2.26 bits per heavy atom. The predicted molar refractivity (Wildman–Crippen MR) is 86.8 cm³/mol. The Bertz CT molecular complexity index is 464. The van der Waals surface area contributed by atoms with Gasteiger partial charge in [-0.05, 0) is 38.5 Å². The van der Waals surface area contributed by atoms with E-state index in [9.17, 15) is 14.4 Å². The molecule has 2 fully saturated rings. The second-order valence-corrected chi connectivity index (χ2v) is 6.71. The van der Waals surface area contributed by atoms with Crippen molar-refractivity contribution in [2.45, 2.75) is 52.9 Å². The average Bonchev–Trinajstić information content (AvgIpc) is 3.38. The number of carboxylic acids is 1. The third-order valence-corrected chi connectivity index (χ3v) is 4.31. The monoisotopic (exact) mass is 324 g/mol. The van der Waals surface area contributed by atoms with Crippen LogP contribution < -0.4 is 0 Å². The van der Waals surface area contributed by atoms with Crippen LogP contribution in [0.1, 0.15) is 52.9 Å². The maximum absolute atomic E-state index is 12.2.